The molecule has 7 heteroatoms. The van der Waals surface area contributed by atoms with Crippen molar-refractivity contribution in [1.29, 1.82) is 0 Å². The van der Waals surface area contributed by atoms with E-state index < -0.39 is 23.9 Å². The van der Waals surface area contributed by atoms with Gasteiger partial charge in [0.2, 0.25) is 5.91 Å². The first-order valence-corrected chi connectivity index (χ1v) is 12.2. The number of benzene rings is 2. The number of hydrogen-bond acceptors (Lipinski definition) is 4. The van der Waals surface area contributed by atoms with E-state index in [9.17, 15) is 18.7 Å². The molecule has 0 aliphatic heterocycles. The standard InChI is InChI=1S/C26H28F2N2O2S/c27-19-8-4-7-18(15-19)25(26(32)29-21-10-2-1-3-11-21)30(22-12-5-9-20(28)16-22)24(31)17-23-13-6-14-33-23/h4-9,12-16,21,24-25,31H,1-3,10-11,17H2,(H,29,32). The molecule has 4 rings (SSSR count). The van der Waals surface area contributed by atoms with Crippen LogP contribution >= 0.6 is 11.3 Å². The summed E-state index contributed by atoms with van der Waals surface area (Å²) in [4.78, 5) is 16.1. The summed E-state index contributed by atoms with van der Waals surface area (Å²) in [7, 11) is 0. The third-order valence-corrected chi connectivity index (χ3v) is 6.93. The van der Waals surface area contributed by atoms with Crippen LogP contribution in [0.15, 0.2) is 66.0 Å². The summed E-state index contributed by atoms with van der Waals surface area (Å²) in [6.07, 6.45) is 4.13. The molecule has 33 heavy (non-hydrogen) atoms. The van der Waals surface area contributed by atoms with E-state index in [-0.39, 0.29) is 18.4 Å². The van der Waals surface area contributed by atoms with E-state index >= 15 is 0 Å². The summed E-state index contributed by atoms with van der Waals surface area (Å²) in [5, 5.41) is 16.3. The van der Waals surface area contributed by atoms with Crippen LogP contribution in [0.25, 0.3) is 0 Å². The van der Waals surface area contributed by atoms with Gasteiger partial charge in [0.25, 0.3) is 0 Å². The molecular formula is C26H28F2N2O2S. The van der Waals surface area contributed by atoms with E-state index in [4.69, 9.17) is 0 Å². The third-order valence-electron chi connectivity index (χ3n) is 6.03. The van der Waals surface area contributed by atoms with Crippen molar-refractivity contribution in [3.8, 4) is 0 Å². The number of nitrogens with zero attached hydrogens (tertiary/aromatic N) is 1. The average molecular weight is 471 g/mol. The van der Waals surface area contributed by atoms with Crippen LogP contribution in [-0.4, -0.2) is 23.3 Å². The molecule has 0 bridgehead atoms. The molecule has 0 spiro atoms. The van der Waals surface area contributed by atoms with Gasteiger partial charge in [0.15, 0.2) is 0 Å². The van der Waals surface area contributed by atoms with Crippen LogP contribution in [0.3, 0.4) is 0 Å². The van der Waals surface area contributed by atoms with Crippen LogP contribution in [0.2, 0.25) is 0 Å². The van der Waals surface area contributed by atoms with E-state index in [0.717, 1.165) is 37.0 Å². The number of anilines is 1. The largest absolute Gasteiger partial charge is 0.373 e. The zero-order chi connectivity index (χ0) is 23.2. The Labute approximate surface area is 196 Å². The fraction of sp³-hybridized carbons (Fsp3) is 0.346. The summed E-state index contributed by atoms with van der Waals surface area (Å²) in [5.74, 6) is -1.29. The van der Waals surface area contributed by atoms with Crippen LogP contribution in [0.1, 0.15) is 48.6 Å². The molecule has 1 aliphatic carbocycles. The van der Waals surface area contributed by atoms with E-state index in [2.05, 4.69) is 5.32 Å². The topological polar surface area (TPSA) is 52.6 Å². The first-order valence-electron chi connectivity index (χ1n) is 11.3. The van der Waals surface area contributed by atoms with Crippen LogP contribution in [0, 0.1) is 11.6 Å². The number of halogens is 2. The average Bonchev–Trinajstić information content (AvgIpc) is 3.31. The number of rotatable bonds is 8. The normalized spacial score (nSPS) is 16.2. The van der Waals surface area contributed by atoms with Crippen LogP contribution in [0.4, 0.5) is 14.5 Å². The number of carbonyl (C=O) groups is 1. The maximum Gasteiger partial charge on any atom is 0.247 e. The lowest BCUT2D eigenvalue weighted by Gasteiger charge is -2.38. The Balaban J connectivity index is 1.74. The molecule has 0 radical (unpaired) electrons. The highest BCUT2D eigenvalue weighted by Gasteiger charge is 2.34. The molecule has 1 saturated carbocycles. The van der Waals surface area contributed by atoms with E-state index in [0.29, 0.717) is 11.3 Å². The monoisotopic (exact) mass is 470 g/mol. The second-order valence-electron chi connectivity index (χ2n) is 8.45. The molecule has 1 amide bonds. The lowest BCUT2D eigenvalue weighted by atomic mass is 9.94. The van der Waals surface area contributed by atoms with Crippen molar-refractivity contribution >= 4 is 22.9 Å². The molecule has 2 atom stereocenters. The van der Waals surface area contributed by atoms with Crippen LogP contribution in [-0.2, 0) is 11.2 Å². The number of carbonyl (C=O) groups excluding carboxylic acids is 1. The van der Waals surface area contributed by atoms with Gasteiger partial charge in [-0.3, -0.25) is 4.79 Å². The zero-order valence-corrected chi connectivity index (χ0v) is 19.1. The maximum atomic E-state index is 14.2. The van der Waals surface area contributed by atoms with Gasteiger partial charge < -0.3 is 15.3 Å². The molecule has 174 valence electrons. The van der Waals surface area contributed by atoms with Gasteiger partial charge in [-0.1, -0.05) is 43.5 Å². The first-order chi connectivity index (χ1) is 16.0. The van der Waals surface area contributed by atoms with Gasteiger partial charge in [-0.25, -0.2) is 8.78 Å². The van der Waals surface area contributed by atoms with Gasteiger partial charge >= 0.3 is 0 Å². The molecule has 1 fully saturated rings. The quantitative estimate of drug-likeness (QED) is 0.423. The Hall–Kier alpha value is -2.77. The fourth-order valence-corrected chi connectivity index (χ4v) is 5.21. The summed E-state index contributed by atoms with van der Waals surface area (Å²) < 4.78 is 28.4. The summed E-state index contributed by atoms with van der Waals surface area (Å²) in [5.41, 5.74) is 0.755. The summed E-state index contributed by atoms with van der Waals surface area (Å²) in [6, 6.07) is 14.4. The minimum absolute atomic E-state index is 0.0334. The number of nitrogens with one attached hydrogen (secondary N) is 1. The molecule has 1 aliphatic rings. The molecule has 2 unspecified atom stereocenters. The number of aliphatic hydroxyl groups is 1. The molecule has 1 aromatic heterocycles. The second-order valence-corrected chi connectivity index (χ2v) is 9.48. The van der Waals surface area contributed by atoms with Crippen molar-refractivity contribution in [2.45, 2.75) is 56.8 Å². The van der Waals surface area contributed by atoms with Crippen molar-refractivity contribution in [3.63, 3.8) is 0 Å². The van der Waals surface area contributed by atoms with Gasteiger partial charge in [-0.05, 0) is 60.2 Å². The highest BCUT2D eigenvalue weighted by Crippen LogP contribution is 2.32. The van der Waals surface area contributed by atoms with Crippen molar-refractivity contribution in [3.05, 3.63) is 88.1 Å². The SMILES string of the molecule is O=C(NC1CCCCC1)C(c1cccc(F)c1)N(c1cccc(F)c1)C(O)Cc1cccs1. The van der Waals surface area contributed by atoms with E-state index in [1.807, 2.05) is 17.5 Å². The van der Waals surface area contributed by atoms with Crippen molar-refractivity contribution in [1.82, 2.24) is 5.32 Å². The molecule has 4 nitrogen and oxygen atoms in total. The Bertz CT molecular complexity index is 1050. The predicted molar refractivity (Wildman–Crippen MR) is 127 cm³/mol. The molecule has 1 heterocycles. The minimum Gasteiger partial charge on any atom is -0.373 e. The number of thiophene rings is 1. The lowest BCUT2D eigenvalue weighted by molar-refractivity contribution is -0.124. The highest BCUT2D eigenvalue weighted by molar-refractivity contribution is 7.09. The van der Waals surface area contributed by atoms with Crippen molar-refractivity contribution in [2.75, 3.05) is 4.90 Å². The summed E-state index contributed by atoms with van der Waals surface area (Å²) in [6.45, 7) is 0. The minimum atomic E-state index is -1.13. The van der Waals surface area contributed by atoms with Gasteiger partial charge in [-0.2, -0.15) is 0 Å². The van der Waals surface area contributed by atoms with Crippen molar-refractivity contribution < 1.29 is 18.7 Å². The Morgan fingerprint density at radius 2 is 1.76 bits per heavy atom. The van der Waals surface area contributed by atoms with Crippen LogP contribution < -0.4 is 10.2 Å². The Morgan fingerprint density at radius 1 is 1.03 bits per heavy atom. The van der Waals surface area contributed by atoms with Crippen molar-refractivity contribution in [2.24, 2.45) is 0 Å². The molecule has 0 saturated heterocycles. The molecular weight excluding hydrogens is 442 g/mol. The van der Waals surface area contributed by atoms with Gasteiger partial charge in [-0.15, -0.1) is 11.3 Å². The first kappa shape index (κ1) is 23.4. The Morgan fingerprint density at radius 3 is 2.42 bits per heavy atom. The predicted octanol–water partition coefficient (Wildman–Crippen LogP) is 5.58. The second kappa shape index (κ2) is 10.9. The van der Waals surface area contributed by atoms with Gasteiger partial charge in [0.1, 0.15) is 23.9 Å². The molecule has 2 N–H and O–H groups in total. The highest BCUT2D eigenvalue weighted by atomic mass is 32.1. The molecule has 3 aromatic rings. The maximum absolute atomic E-state index is 14.2. The number of amides is 1. The smallest absolute Gasteiger partial charge is 0.247 e. The van der Waals surface area contributed by atoms with E-state index in [1.54, 1.807) is 18.2 Å². The summed E-state index contributed by atoms with van der Waals surface area (Å²) >= 11 is 1.49. The Kier molecular flexibility index (Phi) is 7.73. The van der Waals surface area contributed by atoms with Gasteiger partial charge in [0.05, 0.1) is 0 Å². The van der Waals surface area contributed by atoms with Crippen LogP contribution in [0.5, 0.6) is 0 Å². The number of hydrogen-bond donors (Lipinski definition) is 2. The third kappa shape index (κ3) is 5.97. The fourth-order valence-electron chi connectivity index (χ4n) is 4.48. The zero-order valence-electron chi connectivity index (χ0n) is 18.3. The number of aliphatic hydroxyl groups excluding tert-OH is 1. The van der Waals surface area contributed by atoms with Gasteiger partial charge in [0, 0.05) is 23.0 Å². The van der Waals surface area contributed by atoms with E-state index in [1.165, 1.54) is 46.6 Å². The molecule has 2 aromatic carbocycles. The lowest BCUT2D eigenvalue weighted by Crippen LogP contribution is -2.49.